The summed E-state index contributed by atoms with van der Waals surface area (Å²) >= 11 is 0. The highest BCUT2D eigenvalue weighted by Gasteiger charge is 2.57. The van der Waals surface area contributed by atoms with Gasteiger partial charge in [-0.15, -0.1) is 0 Å². The molecule has 1 N–H and O–H groups in total. The summed E-state index contributed by atoms with van der Waals surface area (Å²) in [6.45, 7) is 14.2. The van der Waals surface area contributed by atoms with Gasteiger partial charge in [-0.2, -0.15) is 8.78 Å². The summed E-state index contributed by atoms with van der Waals surface area (Å²) < 4.78 is 30.5. The molecule has 2 atom stereocenters. The molecule has 248 valence electrons. The number of hydrogen-bond donors (Lipinski definition) is 1. The molecule has 6 heteroatoms. The van der Waals surface area contributed by atoms with Gasteiger partial charge in [0.05, 0.1) is 23.1 Å². The minimum atomic E-state index is -3.43. The minimum absolute atomic E-state index is 0.0323. The van der Waals surface area contributed by atoms with E-state index in [9.17, 15) is 18.7 Å². The number of hydrogen-bond acceptors (Lipinski definition) is 3. The number of alkyl halides is 2. The summed E-state index contributed by atoms with van der Waals surface area (Å²) in [4.78, 5) is 15.3. The zero-order valence-corrected chi connectivity index (χ0v) is 29.4. The lowest BCUT2D eigenvalue weighted by atomic mass is 9.48. The van der Waals surface area contributed by atoms with Gasteiger partial charge in [-0.05, 0) is 109 Å². The molecular weight excluding hydrogens is 599 g/mol. The van der Waals surface area contributed by atoms with Crippen LogP contribution in [0.3, 0.4) is 0 Å². The second-order valence-electron chi connectivity index (χ2n) is 16.3. The van der Waals surface area contributed by atoms with Crippen LogP contribution in [0, 0.1) is 17.3 Å². The highest BCUT2D eigenvalue weighted by atomic mass is 32.2. The zero-order chi connectivity index (χ0) is 33.5. The molecule has 0 aliphatic heterocycles. The van der Waals surface area contributed by atoms with Crippen LogP contribution in [0.2, 0.25) is 0 Å². The van der Waals surface area contributed by atoms with Gasteiger partial charge < -0.3 is 9.84 Å². The monoisotopic (exact) mass is 649 g/mol. The fourth-order valence-electron chi connectivity index (χ4n) is 8.06. The van der Waals surface area contributed by atoms with E-state index in [-0.39, 0.29) is 33.7 Å². The van der Waals surface area contributed by atoms with Crippen molar-refractivity contribution in [3.63, 3.8) is 0 Å². The maximum atomic E-state index is 12.8. The summed E-state index contributed by atoms with van der Waals surface area (Å²) in [5.74, 6) is -3.95. The largest absolute Gasteiger partial charge is 0.461 e. The van der Waals surface area contributed by atoms with Crippen LogP contribution < -0.4 is 0 Å². The average molecular weight is 650 g/mol. The van der Waals surface area contributed by atoms with Crippen LogP contribution in [0.15, 0.2) is 93.5 Å². The van der Waals surface area contributed by atoms with Gasteiger partial charge >= 0.3 is 11.9 Å². The Labute approximate surface area is 277 Å². The van der Waals surface area contributed by atoms with E-state index in [1.165, 1.54) is 25.8 Å². The van der Waals surface area contributed by atoms with Crippen LogP contribution in [-0.4, -0.2) is 29.2 Å². The first-order valence-electron chi connectivity index (χ1n) is 16.6. The van der Waals surface area contributed by atoms with E-state index in [0.29, 0.717) is 25.2 Å². The second kappa shape index (κ2) is 12.7. The molecule has 46 heavy (non-hydrogen) atoms. The van der Waals surface area contributed by atoms with Crippen molar-refractivity contribution in [2.45, 2.75) is 124 Å². The minimum Gasteiger partial charge on any atom is -0.461 e. The van der Waals surface area contributed by atoms with Crippen molar-refractivity contribution in [3.8, 4) is 0 Å². The Hall–Kier alpha value is -2.70. The summed E-state index contributed by atoms with van der Waals surface area (Å²) in [6.07, 6.45) is 5.16. The van der Waals surface area contributed by atoms with Crippen molar-refractivity contribution in [1.29, 1.82) is 0 Å². The molecule has 4 fully saturated rings. The van der Waals surface area contributed by atoms with Crippen LogP contribution in [0.25, 0.3) is 0 Å². The number of aliphatic hydroxyl groups is 1. The van der Waals surface area contributed by atoms with Crippen molar-refractivity contribution in [1.82, 2.24) is 0 Å². The van der Waals surface area contributed by atoms with E-state index in [1.807, 2.05) is 0 Å². The Morgan fingerprint density at radius 3 is 1.57 bits per heavy atom. The van der Waals surface area contributed by atoms with Gasteiger partial charge in [0.2, 0.25) is 0 Å². The van der Waals surface area contributed by atoms with Gasteiger partial charge in [-0.3, -0.25) is 0 Å². The fraction of sp³-hybridized carbons (Fsp3) is 0.525. The standard InChI is InChI=1S/C26H31S.C14H20F2O3/c1-25(2,3)20-12-16-23(17-13-20)27(22-10-8-7-9-11-22)24-18-14-21(15-19-24)26(4,5)6;1-12(15,16)11(17)19-8-13-3-9-2-10(4-13)6-14(18,5-9)7-13/h7-19H,1-6H3;9-10,18H,2-8H2,1H3/q+1;. The number of ether oxygens (including phenoxy) is 1. The van der Waals surface area contributed by atoms with E-state index < -0.39 is 17.5 Å². The number of rotatable bonds is 6. The number of halogens is 2. The molecular formula is C40H51F2O3S+. The molecule has 0 heterocycles. The van der Waals surface area contributed by atoms with Crippen LogP contribution in [-0.2, 0) is 31.3 Å². The first-order valence-corrected chi connectivity index (χ1v) is 17.9. The normalized spacial score (nSPS) is 25.6. The molecule has 4 aliphatic rings. The quantitative estimate of drug-likeness (QED) is 0.214. The molecule has 4 saturated carbocycles. The van der Waals surface area contributed by atoms with Gasteiger partial charge in [0.1, 0.15) is 0 Å². The third kappa shape index (κ3) is 8.05. The maximum Gasteiger partial charge on any atom is 0.376 e. The van der Waals surface area contributed by atoms with Crippen molar-refractivity contribution < 1.29 is 23.4 Å². The molecule has 0 aromatic heterocycles. The van der Waals surface area contributed by atoms with E-state index in [2.05, 4.69) is 120 Å². The molecule has 4 aliphatic carbocycles. The summed E-state index contributed by atoms with van der Waals surface area (Å²) in [5, 5.41) is 10.5. The molecule has 4 bridgehead atoms. The van der Waals surface area contributed by atoms with E-state index >= 15 is 0 Å². The van der Waals surface area contributed by atoms with Gasteiger partial charge in [0.25, 0.3) is 0 Å². The van der Waals surface area contributed by atoms with Crippen LogP contribution in [0.5, 0.6) is 0 Å². The summed E-state index contributed by atoms with van der Waals surface area (Å²) in [6, 6.07) is 29.3. The Morgan fingerprint density at radius 1 is 0.739 bits per heavy atom. The SMILES string of the molecule is CC(C)(C)c1ccc([S+](c2ccccc2)c2ccc(C(C)(C)C)cc2)cc1.CC(F)(F)C(=O)OCC12CC3CC(CC(O)(C3)C1)C2. The maximum absolute atomic E-state index is 12.8. The second-order valence-corrected chi connectivity index (χ2v) is 18.3. The molecule has 2 unspecified atom stereocenters. The highest BCUT2D eigenvalue weighted by Crippen LogP contribution is 2.61. The molecule has 3 aromatic rings. The van der Waals surface area contributed by atoms with Crippen LogP contribution in [0.4, 0.5) is 8.78 Å². The van der Waals surface area contributed by atoms with Crippen molar-refractivity contribution in [2.75, 3.05) is 6.61 Å². The van der Waals surface area contributed by atoms with Crippen molar-refractivity contribution >= 4 is 16.9 Å². The number of esters is 1. The molecule has 0 saturated heterocycles. The Morgan fingerprint density at radius 2 is 1.17 bits per heavy atom. The van der Waals surface area contributed by atoms with Gasteiger partial charge in [0, 0.05) is 12.3 Å². The molecule has 3 aromatic carbocycles. The predicted octanol–water partition coefficient (Wildman–Crippen LogP) is 9.89. The third-order valence-corrected chi connectivity index (χ3v) is 12.1. The van der Waals surface area contributed by atoms with Crippen LogP contribution in [0.1, 0.15) is 98.1 Å². The summed E-state index contributed by atoms with van der Waals surface area (Å²) in [7, 11) is -0.0847. The molecule has 3 nitrogen and oxygen atoms in total. The van der Waals surface area contributed by atoms with E-state index in [4.69, 9.17) is 4.74 Å². The van der Waals surface area contributed by atoms with Gasteiger partial charge in [0.15, 0.2) is 14.7 Å². The first-order chi connectivity index (χ1) is 21.4. The first kappa shape index (κ1) is 34.6. The molecule has 7 rings (SSSR count). The Balaban J connectivity index is 0.000000192. The van der Waals surface area contributed by atoms with E-state index in [0.717, 1.165) is 32.1 Å². The lowest BCUT2D eigenvalue weighted by Crippen LogP contribution is -2.57. The fourth-order valence-corrected chi connectivity index (χ4v) is 10.1. The number of carbonyl (C=O) groups is 1. The number of benzene rings is 3. The zero-order valence-electron chi connectivity index (χ0n) is 28.5. The molecule has 0 radical (unpaired) electrons. The van der Waals surface area contributed by atoms with Crippen molar-refractivity contribution in [3.05, 3.63) is 90.0 Å². The topological polar surface area (TPSA) is 46.5 Å². The van der Waals surface area contributed by atoms with E-state index in [1.54, 1.807) is 0 Å². The lowest BCUT2D eigenvalue weighted by Gasteiger charge is -2.59. The molecule has 0 spiro atoms. The van der Waals surface area contributed by atoms with Crippen LogP contribution >= 0.6 is 0 Å². The van der Waals surface area contributed by atoms with Gasteiger partial charge in [-0.25, -0.2) is 4.79 Å². The average Bonchev–Trinajstić information content (AvgIpc) is 2.95. The molecule has 0 amide bonds. The number of carbonyl (C=O) groups excluding carboxylic acids is 1. The Kier molecular flexibility index (Phi) is 9.58. The van der Waals surface area contributed by atoms with Gasteiger partial charge in [-0.1, -0.05) is 84.0 Å². The summed E-state index contributed by atoms with van der Waals surface area (Å²) in [5.41, 5.74) is 2.21. The van der Waals surface area contributed by atoms with Crippen molar-refractivity contribution in [2.24, 2.45) is 17.3 Å². The Bertz CT molecular complexity index is 1410. The highest BCUT2D eigenvalue weighted by molar-refractivity contribution is 7.97. The third-order valence-electron chi connectivity index (χ3n) is 9.91. The lowest BCUT2D eigenvalue weighted by molar-refractivity contribution is -0.197. The predicted molar refractivity (Wildman–Crippen MR) is 183 cm³/mol. The smallest absolute Gasteiger partial charge is 0.376 e.